The van der Waals surface area contributed by atoms with Crippen molar-refractivity contribution in [1.29, 1.82) is 0 Å². The van der Waals surface area contributed by atoms with Gasteiger partial charge in [-0.1, -0.05) is 12.8 Å². The highest BCUT2D eigenvalue weighted by molar-refractivity contribution is 8.14. The van der Waals surface area contributed by atoms with Crippen molar-refractivity contribution in [2.75, 3.05) is 0 Å². The van der Waals surface area contributed by atoms with Crippen LogP contribution in [0.4, 0.5) is 0 Å². The Kier molecular flexibility index (Phi) is 2.35. The number of hydrogen-bond donors (Lipinski definition) is 0. The van der Waals surface area contributed by atoms with Gasteiger partial charge in [0, 0.05) is 10.7 Å². The molecule has 2 saturated carbocycles. The molecule has 13 heavy (non-hydrogen) atoms. The van der Waals surface area contributed by atoms with Crippen molar-refractivity contribution >= 4 is 19.7 Å². The van der Waals surface area contributed by atoms with E-state index in [1.54, 1.807) is 0 Å². The average molecular weight is 223 g/mol. The molecule has 0 aliphatic heterocycles. The molecule has 1 spiro atoms. The third-order valence-electron chi connectivity index (χ3n) is 3.72. The smallest absolute Gasteiger partial charge is 0.212 e. The molecular formula is C9H15ClO2S. The van der Waals surface area contributed by atoms with E-state index in [2.05, 4.69) is 0 Å². The Balaban J connectivity index is 2.09. The van der Waals surface area contributed by atoms with Gasteiger partial charge in [-0.3, -0.25) is 0 Å². The lowest BCUT2D eigenvalue weighted by atomic mass is 9.85. The Bertz CT molecular complexity index is 291. The summed E-state index contributed by atoms with van der Waals surface area (Å²) in [5.74, 6) is 0. The van der Waals surface area contributed by atoms with Crippen LogP contribution in [0.3, 0.4) is 0 Å². The maximum Gasteiger partial charge on any atom is 0.235 e. The predicted octanol–water partition coefficient (Wildman–Crippen LogP) is 2.67. The summed E-state index contributed by atoms with van der Waals surface area (Å²) < 4.78 is 22.3. The van der Waals surface area contributed by atoms with Gasteiger partial charge >= 0.3 is 0 Å². The summed E-state index contributed by atoms with van der Waals surface area (Å²) >= 11 is 0. The first-order valence-electron chi connectivity index (χ1n) is 4.95. The van der Waals surface area contributed by atoms with Crippen molar-refractivity contribution in [2.24, 2.45) is 5.41 Å². The first-order chi connectivity index (χ1) is 6.02. The fraction of sp³-hybridized carbons (Fsp3) is 1.00. The number of halogens is 1. The molecule has 2 aliphatic carbocycles. The number of hydrogen-bond acceptors (Lipinski definition) is 2. The Hall–Kier alpha value is 0.240. The van der Waals surface area contributed by atoms with E-state index in [4.69, 9.17) is 10.7 Å². The second-order valence-electron chi connectivity index (χ2n) is 4.55. The van der Waals surface area contributed by atoms with Crippen LogP contribution in [-0.4, -0.2) is 13.7 Å². The molecule has 0 aromatic carbocycles. The normalized spacial score (nSPS) is 32.8. The fourth-order valence-electron chi connectivity index (χ4n) is 2.97. The predicted molar refractivity (Wildman–Crippen MR) is 53.3 cm³/mol. The molecule has 2 rings (SSSR count). The maximum atomic E-state index is 11.1. The molecule has 0 amide bonds. The molecule has 1 atom stereocenters. The minimum absolute atomic E-state index is 0.257. The lowest BCUT2D eigenvalue weighted by molar-refractivity contribution is 0.309. The van der Waals surface area contributed by atoms with E-state index in [0.29, 0.717) is 5.41 Å². The van der Waals surface area contributed by atoms with Gasteiger partial charge in [0.25, 0.3) is 0 Å². The van der Waals surface area contributed by atoms with Crippen molar-refractivity contribution in [1.82, 2.24) is 0 Å². The molecular weight excluding hydrogens is 208 g/mol. The monoisotopic (exact) mass is 222 g/mol. The van der Waals surface area contributed by atoms with Gasteiger partial charge in [-0.15, -0.1) is 0 Å². The fourth-order valence-corrected chi connectivity index (χ4v) is 4.38. The lowest BCUT2D eigenvalue weighted by Gasteiger charge is -2.21. The maximum absolute atomic E-state index is 11.1. The first-order valence-corrected chi connectivity index (χ1v) is 7.33. The van der Waals surface area contributed by atoms with Gasteiger partial charge in [-0.05, 0) is 37.5 Å². The quantitative estimate of drug-likeness (QED) is 0.640. The second-order valence-corrected chi connectivity index (χ2v) is 7.46. The molecule has 0 heterocycles. The van der Waals surface area contributed by atoms with Crippen LogP contribution >= 0.6 is 10.7 Å². The Labute approximate surface area is 84.1 Å². The Morgan fingerprint density at radius 1 is 1.15 bits per heavy atom. The molecule has 2 aliphatic rings. The van der Waals surface area contributed by atoms with E-state index >= 15 is 0 Å². The van der Waals surface area contributed by atoms with Gasteiger partial charge in [0.05, 0.1) is 5.25 Å². The Morgan fingerprint density at radius 3 is 2.23 bits per heavy atom. The lowest BCUT2D eigenvalue weighted by Crippen LogP contribution is -2.16. The van der Waals surface area contributed by atoms with E-state index in [0.717, 1.165) is 19.3 Å². The summed E-state index contributed by atoms with van der Waals surface area (Å²) in [6.07, 6.45) is 7.66. The first kappa shape index (κ1) is 9.78. The molecule has 4 heteroatoms. The van der Waals surface area contributed by atoms with Gasteiger partial charge in [-0.2, -0.15) is 0 Å². The minimum atomic E-state index is -3.29. The van der Waals surface area contributed by atoms with Crippen LogP contribution in [0.25, 0.3) is 0 Å². The largest absolute Gasteiger partial charge is 0.235 e. The highest BCUT2D eigenvalue weighted by Crippen LogP contribution is 2.52. The zero-order chi connectivity index (χ0) is 9.53. The van der Waals surface area contributed by atoms with Crippen molar-refractivity contribution in [3.05, 3.63) is 0 Å². The van der Waals surface area contributed by atoms with Crippen LogP contribution in [0.1, 0.15) is 44.9 Å². The van der Waals surface area contributed by atoms with E-state index in [-0.39, 0.29) is 5.25 Å². The average Bonchev–Trinajstić information content (AvgIpc) is 2.60. The molecule has 0 aromatic rings. The minimum Gasteiger partial charge on any atom is -0.212 e. The van der Waals surface area contributed by atoms with Crippen molar-refractivity contribution in [3.8, 4) is 0 Å². The van der Waals surface area contributed by atoms with Gasteiger partial charge < -0.3 is 0 Å². The SMILES string of the molecule is O=S(=O)(Cl)C1CCC2(CCCC2)C1. The zero-order valence-corrected chi connectivity index (χ0v) is 9.20. The highest BCUT2D eigenvalue weighted by atomic mass is 35.7. The van der Waals surface area contributed by atoms with Crippen molar-refractivity contribution in [2.45, 2.75) is 50.2 Å². The molecule has 0 N–H and O–H groups in total. The molecule has 76 valence electrons. The number of rotatable bonds is 1. The van der Waals surface area contributed by atoms with Crippen LogP contribution < -0.4 is 0 Å². The van der Waals surface area contributed by atoms with Crippen LogP contribution in [0, 0.1) is 5.41 Å². The zero-order valence-electron chi connectivity index (χ0n) is 7.63. The van der Waals surface area contributed by atoms with E-state index in [1.807, 2.05) is 0 Å². The molecule has 2 nitrogen and oxygen atoms in total. The van der Waals surface area contributed by atoms with Gasteiger partial charge in [-0.25, -0.2) is 8.42 Å². The van der Waals surface area contributed by atoms with Crippen LogP contribution in [0.2, 0.25) is 0 Å². The van der Waals surface area contributed by atoms with Gasteiger partial charge in [0.1, 0.15) is 0 Å². The van der Waals surface area contributed by atoms with Crippen LogP contribution in [0.5, 0.6) is 0 Å². The van der Waals surface area contributed by atoms with Crippen molar-refractivity contribution in [3.63, 3.8) is 0 Å². The van der Waals surface area contributed by atoms with E-state index in [1.165, 1.54) is 25.7 Å². The summed E-state index contributed by atoms with van der Waals surface area (Å²) in [7, 11) is 2.08. The third-order valence-corrected chi connectivity index (χ3v) is 5.67. The summed E-state index contributed by atoms with van der Waals surface area (Å²) in [5.41, 5.74) is 0.354. The van der Waals surface area contributed by atoms with E-state index in [9.17, 15) is 8.42 Å². The van der Waals surface area contributed by atoms with Crippen LogP contribution in [-0.2, 0) is 9.05 Å². The van der Waals surface area contributed by atoms with E-state index < -0.39 is 9.05 Å². The summed E-state index contributed by atoms with van der Waals surface area (Å²) in [4.78, 5) is 0. The Morgan fingerprint density at radius 2 is 1.77 bits per heavy atom. The highest BCUT2D eigenvalue weighted by Gasteiger charge is 2.44. The summed E-state index contributed by atoms with van der Waals surface area (Å²) in [6.45, 7) is 0. The molecule has 0 bridgehead atoms. The topological polar surface area (TPSA) is 34.1 Å². The van der Waals surface area contributed by atoms with Crippen molar-refractivity contribution < 1.29 is 8.42 Å². The molecule has 0 radical (unpaired) electrons. The summed E-state index contributed by atoms with van der Waals surface area (Å²) in [6, 6.07) is 0. The summed E-state index contributed by atoms with van der Waals surface area (Å²) in [5, 5.41) is -0.257. The van der Waals surface area contributed by atoms with Gasteiger partial charge in [0.2, 0.25) is 9.05 Å². The van der Waals surface area contributed by atoms with Gasteiger partial charge in [0.15, 0.2) is 0 Å². The molecule has 2 fully saturated rings. The standard InChI is InChI=1S/C9H15ClO2S/c10-13(11,12)8-3-6-9(7-8)4-1-2-5-9/h8H,1-7H2. The van der Waals surface area contributed by atoms with Crippen LogP contribution in [0.15, 0.2) is 0 Å². The molecule has 0 aromatic heterocycles. The molecule has 1 unspecified atom stereocenters. The molecule has 0 saturated heterocycles. The second kappa shape index (κ2) is 3.13. The third kappa shape index (κ3) is 1.86.